The van der Waals surface area contributed by atoms with E-state index in [9.17, 15) is 4.79 Å². The van der Waals surface area contributed by atoms with Crippen LogP contribution in [-0.4, -0.2) is 17.4 Å². The molecule has 3 aromatic rings. The number of rotatable bonds is 6. The summed E-state index contributed by atoms with van der Waals surface area (Å²) in [7, 11) is 0. The molecule has 118 valence electrons. The molecular formula is C18H18N2O2S. The summed E-state index contributed by atoms with van der Waals surface area (Å²) < 4.78 is 5.70. The maximum Gasteiger partial charge on any atom is 0.236 e. The monoisotopic (exact) mass is 326 g/mol. The van der Waals surface area contributed by atoms with Gasteiger partial charge in [-0.15, -0.1) is 11.3 Å². The number of hydrogen-bond acceptors (Lipinski definition) is 4. The standard InChI is InChI=1S/C18H18N2O2S/c1-13-15(20-18(22-13)16-8-5-11-23-16)9-10-19-17(21)12-14-6-3-2-4-7-14/h2-8,11H,9-10,12H2,1H3,(H,19,21). The lowest BCUT2D eigenvalue weighted by Gasteiger charge is -2.04. The molecule has 0 atom stereocenters. The molecule has 1 N–H and O–H groups in total. The van der Waals surface area contributed by atoms with Crippen molar-refractivity contribution in [3.8, 4) is 10.8 Å². The van der Waals surface area contributed by atoms with E-state index in [0.29, 0.717) is 25.3 Å². The summed E-state index contributed by atoms with van der Waals surface area (Å²) in [5.74, 6) is 1.49. The van der Waals surface area contributed by atoms with Crippen molar-refractivity contribution in [1.29, 1.82) is 0 Å². The summed E-state index contributed by atoms with van der Waals surface area (Å²) in [6.45, 7) is 2.47. The fraction of sp³-hybridized carbons (Fsp3) is 0.222. The van der Waals surface area contributed by atoms with Crippen molar-refractivity contribution in [1.82, 2.24) is 10.3 Å². The van der Waals surface area contributed by atoms with Crippen LogP contribution in [0.1, 0.15) is 17.0 Å². The highest BCUT2D eigenvalue weighted by molar-refractivity contribution is 7.13. The van der Waals surface area contributed by atoms with Gasteiger partial charge in [0, 0.05) is 13.0 Å². The molecule has 23 heavy (non-hydrogen) atoms. The third kappa shape index (κ3) is 4.07. The highest BCUT2D eigenvalue weighted by Crippen LogP contribution is 2.25. The van der Waals surface area contributed by atoms with Crippen molar-refractivity contribution in [3.05, 3.63) is 64.9 Å². The molecule has 0 saturated carbocycles. The minimum Gasteiger partial charge on any atom is -0.440 e. The zero-order valence-corrected chi connectivity index (χ0v) is 13.7. The van der Waals surface area contributed by atoms with Crippen LogP contribution >= 0.6 is 11.3 Å². The highest BCUT2D eigenvalue weighted by Gasteiger charge is 2.12. The molecule has 0 bridgehead atoms. The first-order chi connectivity index (χ1) is 11.2. The normalized spacial score (nSPS) is 10.7. The summed E-state index contributed by atoms with van der Waals surface area (Å²) in [4.78, 5) is 17.5. The fourth-order valence-corrected chi connectivity index (χ4v) is 2.98. The number of aryl methyl sites for hydroxylation is 1. The summed E-state index contributed by atoms with van der Waals surface area (Å²) in [5.41, 5.74) is 1.91. The van der Waals surface area contributed by atoms with E-state index in [1.54, 1.807) is 11.3 Å². The Morgan fingerprint density at radius 1 is 1.22 bits per heavy atom. The summed E-state index contributed by atoms with van der Waals surface area (Å²) in [6.07, 6.45) is 1.07. The van der Waals surface area contributed by atoms with Crippen LogP contribution in [0.4, 0.5) is 0 Å². The quantitative estimate of drug-likeness (QED) is 0.753. The Balaban J connectivity index is 1.52. The Labute approximate surface area is 139 Å². The number of nitrogens with one attached hydrogen (secondary N) is 1. The van der Waals surface area contributed by atoms with E-state index in [-0.39, 0.29) is 5.91 Å². The number of carbonyl (C=O) groups excluding carboxylic acids is 1. The van der Waals surface area contributed by atoms with Gasteiger partial charge in [-0.1, -0.05) is 36.4 Å². The molecule has 2 aromatic heterocycles. The van der Waals surface area contributed by atoms with E-state index in [2.05, 4.69) is 10.3 Å². The van der Waals surface area contributed by atoms with Gasteiger partial charge < -0.3 is 9.73 Å². The number of hydrogen-bond donors (Lipinski definition) is 1. The van der Waals surface area contributed by atoms with Gasteiger partial charge in [-0.2, -0.15) is 0 Å². The van der Waals surface area contributed by atoms with Crippen molar-refractivity contribution in [3.63, 3.8) is 0 Å². The Bertz CT molecular complexity index is 764. The molecule has 4 nitrogen and oxygen atoms in total. The van der Waals surface area contributed by atoms with Gasteiger partial charge in [0.2, 0.25) is 11.8 Å². The third-order valence-corrected chi connectivity index (χ3v) is 4.37. The maximum absolute atomic E-state index is 11.9. The number of benzene rings is 1. The van der Waals surface area contributed by atoms with Gasteiger partial charge in [0.15, 0.2) is 0 Å². The molecule has 1 amide bonds. The van der Waals surface area contributed by atoms with Crippen molar-refractivity contribution in [2.24, 2.45) is 0 Å². The zero-order chi connectivity index (χ0) is 16.1. The predicted molar refractivity (Wildman–Crippen MR) is 91.4 cm³/mol. The predicted octanol–water partition coefficient (Wildman–Crippen LogP) is 3.61. The van der Waals surface area contributed by atoms with Crippen LogP contribution in [0.2, 0.25) is 0 Å². The molecule has 2 heterocycles. The van der Waals surface area contributed by atoms with Gasteiger partial charge in [0.1, 0.15) is 5.76 Å². The number of amides is 1. The second-order valence-corrected chi connectivity index (χ2v) is 6.21. The molecule has 5 heteroatoms. The lowest BCUT2D eigenvalue weighted by Crippen LogP contribution is -2.27. The van der Waals surface area contributed by atoms with Crippen molar-refractivity contribution in [2.75, 3.05) is 6.54 Å². The third-order valence-electron chi connectivity index (χ3n) is 3.52. The van der Waals surface area contributed by atoms with Crippen LogP contribution in [0.5, 0.6) is 0 Å². The first kappa shape index (κ1) is 15.5. The summed E-state index contributed by atoms with van der Waals surface area (Å²) in [6, 6.07) is 13.7. The molecular weight excluding hydrogens is 308 g/mol. The fourth-order valence-electron chi connectivity index (χ4n) is 2.33. The minimum absolute atomic E-state index is 0.0239. The van der Waals surface area contributed by atoms with E-state index in [1.165, 1.54) is 0 Å². The van der Waals surface area contributed by atoms with Gasteiger partial charge in [-0.3, -0.25) is 4.79 Å². The van der Waals surface area contributed by atoms with E-state index in [0.717, 1.165) is 21.9 Å². The van der Waals surface area contributed by atoms with E-state index in [4.69, 9.17) is 4.42 Å². The Morgan fingerprint density at radius 3 is 2.78 bits per heavy atom. The molecule has 0 aliphatic rings. The summed E-state index contributed by atoms with van der Waals surface area (Å²) >= 11 is 1.60. The highest BCUT2D eigenvalue weighted by atomic mass is 32.1. The first-order valence-electron chi connectivity index (χ1n) is 7.53. The maximum atomic E-state index is 11.9. The van der Waals surface area contributed by atoms with Gasteiger partial charge >= 0.3 is 0 Å². The van der Waals surface area contributed by atoms with Crippen LogP contribution in [-0.2, 0) is 17.6 Å². The van der Waals surface area contributed by atoms with Crippen LogP contribution in [0.25, 0.3) is 10.8 Å². The first-order valence-corrected chi connectivity index (χ1v) is 8.41. The summed E-state index contributed by atoms with van der Waals surface area (Å²) in [5, 5.41) is 4.93. The Hall–Kier alpha value is -2.40. The number of carbonyl (C=O) groups is 1. The molecule has 1 aromatic carbocycles. The molecule has 0 radical (unpaired) electrons. The minimum atomic E-state index is 0.0239. The molecule has 0 saturated heterocycles. The topological polar surface area (TPSA) is 55.1 Å². The van der Waals surface area contributed by atoms with Crippen molar-refractivity contribution in [2.45, 2.75) is 19.8 Å². The largest absolute Gasteiger partial charge is 0.440 e. The average molecular weight is 326 g/mol. The molecule has 0 fully saturated rings. The molecule has 0 spiro atoms. The second-order valence-electron chi connectivity index (χ2n) is 5.26. The van der Waals surface area contributed by atoms with Crippen LogP contribution in [0.3, 0.4) is 0 Å². The van der Waals surface area contributed by atoms with Gasteiger partial charge in [-0.25, -0.2) is 4.98 Å². The zero-order valence-electron chi connectivity index (χ0n) is 12.9. The van der Waals surface area contributed by atoms with E-state index >= 15 is 0 Å². The average Bonchev–Trinajstić information content (AvgIpc) is 3.18. The SMILES string of the molecule is Cc1oc(-c2cccs2)nc1CCNC(=O)Cc1ccccc1. The lowest BCUT2D eigenvalue weighted by atomic mass is 10.1. The number of aromatic nitrogens is 1. The number of thiophene rings is 1. The lowest BCUT2D eigenvalue weighted by molar-refractivity contribution is -0.120. The Kier molecular flexibility index (Phi) is 4.88. The second kappa shape index (κ2) is 7.24. The van der Waals surface area contributed by atoms with Crippen LogP contribution in [0.15, 0.2) is 52.3 Å². The van der Waals surface area contributed by atoms with Crippen molar-refractivity contribution < 1.29 is 9.21 Å². The van der Waals surface area contributed by atoms with Gasteiger partial charge in [0.25, 0.3) is 0 Å². The van der Waals surface area contributed by atoms with Crippen LogP contribution in [0, 0.1) is 6.92 Å². The smallest absolute Gasteiger partial charge is 0.236 e. The van der Waals surface area contributed by atoms with Crippen molar-refractivity contribution >= 4 is 17.2 Å². The van der Waals surface area contributed by atoms with E-state index < -0.39 is 0 Å². The molecule has 0 aliphatic carbocycles. The van der Waals surface area contributed by atoms with Gasteiger partial charge in [-0.05, 0) is 23.9 Å². The number of nitrogens with zero attached hydrogens (tertiary/aromatic N) is 1. The van der Waals surface area contributed by atoms with Crippen LogP contribution < -0.4 is 5.32 Å². The molecule has 0 aliphatic heterocycles. The van der Waals surface area contributed by atoms with Gasteiger partial charge in [0.05, 0.1) is 17.0 Å². The number of oxazole rings is 1. The molecule has 3 rings (SSSR count). The Morgan fingerprint density at radius 2 is 2.04 bits per heavy atom. The van der Waals surface area contributed by atoms with E-state index in [1.807, 2.05) is 54.8 Å². The molecule has 0 unspecified atom stereocenters.